The highest BCUT2D eigenvalue weighted by Gasteiger charge is 2.17. The lowest BCUT2D eigenvalue weighted by molar-refractivity contribution is 0.0917. The monoisotopic (exact) mass is 338 g/mol. The zero-order chi connectivity index (χ0) is 18.1. The molecule has 0 aliphatic rings. The molecule has 0 saturated carbocycles. The fourth-order valence-corrected chi connectivity index (χ4v) is 3.04. The van der Waals surface area contributed by atoms with Crippen molar-refractivity contribution in [2.24, 2.45) is 0 Å². The number of rotatable bonds is 4. The summed E-state index contributed by atoms with van der Waals surface area (Å²) in [5, 5.41) is 17.4. The largest absolute Gasteiger partial charge is 0.387 e. The van der Waals surface area contributed by atoms with Crippen molar-refractivity contribution in [1.82, 2.24) is 19.9 Å². The van der Waals surface area contributed by atoms with Gasteiger partial charge >= 0.3 is 0 Å². The second kappa shape index (κ2) is 6.64. The van der Waals surface area contributed by atoms with Crippen LogP contribution >= 0.6 is 0 Å². The maximum absolute atomic E-state index is 12.5. The van der Waals surface area contributed by atoms with Gasteiger partial charge in [-0.05, 0) is 39.3 Å². The summed E-state index contributed by atoms with van der Waals surface area (Å²) in [6, 6.07) is 7.80. The molecule has 2 heterocycles. The second-order valence-electron chi connectivity index (χ2n) is 6.48. The summed E-state index contributed by atoms with van der Waals surface area (Å²) < 4.78 is 1.64. The SMILES string of the molecule is Cc1cc(C)cc([C@@H](O)CNC(=O)c2cnn3c(C)cc(C)nc23)c1. The molecule has 3 aromatic rings. The van der Waals surface area contributed by atoms with Crippen molar-refractivity contribution in [1.29, 1.82) is 0 Å². The number of aliphatic hydroxyl groups is 1. The first kappa shape index (κ1) is 17.1. The first-order chi connectivity index (χ1) is 11.8. The van der Waals surface area contributed by atoms with Crippen LogP contribution in [0.15, 0.2) is 30.5 Å². The summed E-state index contributed by atoms with van der Waals surface area (Å²) in [7, 11) is 0. The average molecular weight is 338 g/mol. The Hall–Kier alpha value is -2.73. The number of hydrogen-bond acceptors (Lipinski definition) is 4. The van der Waals surface area contributed by atoms with Crippen LogP contribution in [-0.4, -0.2) is 32.2 Å². The van der Waals surface area contributed by atoms with Crippen molar-refractivity contribution >= 4 is 11.6 Å². The minimum absolute atomic E-state index is 0.129. The maximum atomic E-state index is 12.5. The van der Waals surface area contributed by atoms with Gasteiger partial charge in [-0.1, -0.05) is 29.3 Å². The lowest BCUT2D eigenvalue weighted by Gasteiger charge is -2.13. The summed E-state index contributed by atoms with van der Waals surface area (Å²) >= 11 is 0. The topological polar surface area (TPSA) is 79.5 Å². The van der Waals surface area contributed by atoms with Crippen LogP contribution in [0.1, 0.15) is 44.5 Å². The summed E-state index contributed by atoms with van der Waals surface area (Å²) in [5.41, 5.74) is 5.63. The lowest BCUT2D eigenvalue weighted by atomic mass is 10.0. The van der Waals surface area contributed by atoms with Crippen molar-refractivity contribution in [3.8, 4) is 0 Å². The van der Waals surface area contributed by atoms with Crippen LogP contribution in [0.3, 0.4) is 0 Å². The average Bonchev–Trinajstić information content (AvgIpc) is 2.95. The Balaban J connectivity index is 1.77. The predicted molar refractivity (Wildman–Crippen MR) is 95.7 cm³/mol. The number of aryl methyl sites for hydroxylation is 4. The molecule has 2 N–H and O–H groups in total. The highest BCUT2D eigenvalue weighted by molar-refractivity contribution is 5.99. The van der Waals surface area contributed by atoms with E-state index in [2.05, 4.69) is 15.4 Å². The van der Waals surface area contributed by atoms with E-state index in [1.54, 1.807) is 4.52 Å². The third-order valence-electron chi connectivity index (χ3n) is 4.11. The van der Waals surface area contributed by atoms with Gasteiger partial charge in [-0.3, -0.25) is 4.79 Å². The molecule has 6 nitrogen and oxygen atoms in total. The molecule has 0 fully saturated rings. The molecule has 0 saturated heterocycles. The van der Waals surface area contributed by atoms with Crippen molar-refractivity contribution in [2.45, 2.75) is 33.8 Å². The van der Waals surface area contributed by atoms with E-state index in [1.807, 2.05) is 52.0 Å². The molecule has 0 radical (unpaired) electrons. The zero-order valence-corrected chi connectivity index (χ0v) is 14.9. The third kappa shape index (κ3) is 3.53. The Kier molecular flexibility index (Phi) is 4.55. The molecule has 2 aromatic heterocycles. The number of nitrogens with zero attached hydrogens (tertiary/aromatic N) is 3. The van der Waals surface area contributed by atoms with E-state index in [0.717, 1.165) is 28.1 Å². The van der Waals surface area contributed by atoms with Gasteiger partial charge in [-0.15, -0.1) is 0 Å². The van der Waals surface area contributed by atoms with Crippen LogP contribution in [0.5, 0.6) is 0 Å². The number of carbonyl (C=O) groups excluding carboxylic acids is 1. The molecule has 1 amide bonds. The minimum atomic E-state index is -0.763. The summed E-state index contributed by atoms with van der Waals surface area (Å²) in [5.74, 6) is -0.295. The first-order valence-electron chi connectivity index (χ1n) is 8.21. The standard InChI is InChI=1S/C19H22N4O2/c1-11-5-12(2)7-15(6-11)17(24)10-20-19(25)16-9-21-23-14(4)8-13(3)22-18(16)23/h5-9,17,24H,10H2,1-4H3,(H,20,25)/t17-/m0/s1. The van der Waals surface area contributed by atoms with E-state index >= 15 is 0 Å². The van der Waals surface area contributed by atoms with Gasteiger partial charge < -0.3 is 10.4 Å². The number of fused-ring (bicyclic) bond motifs is 1. The van der Waals surface area contributed by atoms with Crippen LogP contribution in [0, 0.1) is 27.7 Å². The van der Waals surface area contributed by atoms with Crippen molar-refractivity contribution in [3.05, 3.63) is 64.1 Å². The molecule has 25 heavy (non-hydrogen) atoms. The fourth-order valence-electron chi connectivity index (χ4n) is 3.04. The van der Waals surface area contributed by atoms with Crippen molar-refractivity contribution in [3.63, 3.8) is 0 Å². The number of carbonyl (C=O) groups is 1. The summed E-state index contributed by atoms with van der Waals surface area (Å²) in [6.45, 7) is 7.89. The van der Waals surface area contributed by atoms with Gasteiger partial charge in [0.15, 0.2) is 5.65 Å². The molecular weight excluding hydrogens is 316 g/mol. The highest BCUT2D eigenvalue weighted by Crippen LogP contribution is 2.17. The number of nitrogens with one attached hydrogen (secondary N) is 1. The molecule has 130 valence electrons. The van der Waals surface area contributed by atoms with Crippen molar-refractivity contribution in [2.75, 3.05) is 6.54 Å². The Morgan fingerprint density at radius 2 is 1.84 bits per heavy atom. The normalized spacial score (nSPS) is 12.4. The Bertz CT molecular complexity index is 926. The van der Waals surface area contributed by atoms with Gasteiger partial charge in [0, 0.05) is 17.9 Å². The van der Waals surface area contributed by atoms with E-state index in [9.17, 15) is 9.90 Å². The number of benzene rings is 1. The quantitative estimate of drug-likeness (QED) is 0.766. The maximum Gasteiger partial charge on any atom is 0.256 e. The Morgan fingerprint density at radius 1 is 1.16 bits per heavy atom. The molecule has 0 aliphatic heterocycles. The van der Waals surface area contributed by atoms with Gasteiger partial charge in [0.2, 0.25) is 0 Å². The lowest BCUT2D eigenvalue weighted by Crippen LogP contribution is -2.28. The van der Waals surface area contributed by atoms with E-state index in [0.29, 0.717) is 11.2 Å². The van der Waals surface area contributed by atoms with E-state index in [-0.39, 0.29) is 12.5 Å². The molecule has 6 heteroatoms. The molecule has 1 aromatic carbocycles. The molecule has 0 aliphatic carbocycles. The number of hydrogen-bond donors (Lipinski definition) is 2. The molecule has 0 unspecified atom stereocenters. The van der Waals surface area contributed by atoms with Crippen LogP contribution < -0.4 is 5.32 Å². The molecule has 1 atom stereocenters. The zero-order valence-electron chi connectivity index (χ0n) is 14.9. The van der Waals surface area contributed by atoms with E-state index < -0.39 is 6.10 Å². The van der Waals surface area contributed by atoms with Crippen LogP contribution in [-0.2, 0) is 0 Å². The summed E-state index contributed by atoms with van der Waals surface area (Å²) in [4.78, 5) is 16.9. The minimum Gasteiger partial charge on any atom is -0.387 e. The van der Waals surface area contributed by atoms with E-state index in [4.69, 9.17) is 0 Å². The second-order valence-corrected chi connectivity index (χ2v) is 6.48. The third-order valence-corrected chi connectivity index (χ3v) is 4.11. The number of aromatic nitrogens is 3. The van der Waals surface area contributed by atoms with Crippen LogP contribution in [0.4, 0.5) is 0 Å². The Morgan fingerprint density at radius 3 is 2.52 bits per heavy atom. The summed E-state index contributed by atoms with van der Waals surface area (Å²) in [6.07, 6.45) is 0.744. The highest BCUT2D eigenvalue weighted by atomic mass is 16.3. The van der Waals surface area contributed by atoms with Crippen molar-refractivity contribution < 1.29 is 9.90 Å². The van der Waals surface area contributed by atoms with Crippen LogP contribution in [0.2, 0.25) is 0 Å². The Labute approximate surface area is 146 Å². The predicted octanol–water partition coefficient (Wildman–Crippen LogP) is 2.43. The number of aliphatic hydroxyl groups excluding tert-OH is 1. The smallest absolute Gasteiger partial charge is 0.256 e. The fraction of sp³-hybridized carbons (Fsp3) is 0.316. The molecular formula is C19H22N4O2. The van der Waals surface area contributed by atoms with Gasteiger partial charge in [-0.25, -0.2) is 9.50 Å². The molecule has 0 bridgehead atoms. The van der Waals surface area contributed by atoms with Gasteiger partial charge in [-0.2, -0.15) is 5.10 Å². The molecule has 3 rings (SSSR count). The van der Waals surface area contributed by atoms with Gasteiger partial charge in [0.05, 0.1) is 12.3 Å². The molecule has 0 spiro atoms. The van der Waals surface area contributed by atoms with Crippen LogP contribution in [0.25, 0.3) is 5.65 Å². The van der Waals surface area contributed by atoms with E-state index in [1.165, 1.54) is 6.20 Å². The first-order valence-corrected chi connectivity index (χ1v) is 8.21. The van der Waals surface area contributed by atoms with Gasteiger partial charge in [0.25, 0.3) is 5.91 Å². The number of amides is 1. The van der Waals surface area contributed by atoms with Gasteiger partial charge in [0.1, 0.15) is 5.56 Å².